The Labute approximate surface area is 166 Å². The van der Waals surface area contributed by atoms with Crippen LogP contribution in [-0.4, -0.2) is 47.9 Å². The van der Waals surface area contributed by atoms with Crippen LogP contribution in [0.1, 0.15) is 0 Å². The van der Waals surface area contributed by atoms with Gasteiger partial charge in [0.05, 0.1) is 21.6 Å². The Morgan fingerprint density at radius 3 is 2.54 bits per heavy atom. The van der Waals surface area contributed by atoms with Crippen molar-refractivity contribution < 1.29 is 13.5 Å². The Balaban J connectivity index is 1.80. The highest BCUT2D eigenvalue weighted by Gasteiger charge is 2.20. The Bertz CT molecular complexity index is 1290. The van der Waals surface area contributed by atoms with E-state index < -0.39 is 16.6 Å². The number of nitrogens with one attached hydrogen (secondary N) is 1. The summed E-state index contributed by atoms with van der Waals surface area (Å²) in [7, 11) is -2.33. The molecule has 0 aliphatic carbocycles. The topological polar surface area (TPSA) is 102 Å². The average molecular weight is 416 g/mol. The summed E-state index contributed by atoms with van der Waals surface area (Å²) in [5.41, 5.74) is 3.28. The fraction of sp³-hybridized carbons (Fsp3) is 0.158. The summed E-state index contributed by atoms with van der Waals surface area (Å²) >= 11 is 6.32. The van der Waals surface area contributed by atoms with Crippen molar-refractivity contribution in [3.05, 3.63) is 53.7 Å². The molecule has 0 fully saturated rings. The molecule has 0 aliphatic heterocycles. The first-order valence-electron chi connectivity index (χ1n) is 8.50. The van der Waals surface area contributed by atoms with Gasteiger partial charge in [-0.05, 0) is 42.9 Å². The van der Waals surface area contributed by atoms with E-state index in [0.29, 0.717) is 27.8 Å². The lowest BCUT2D eigenvalue weighted by molar-refractivity contribution is -0.367. The average Bonchev–Trinajstić information content (AvgIpc) is 3.10. The zero-order chi connectivity index (χ0) is 19.9. The van der Waals surface area contributed by atoms with E-state index in [0.717, 1.165) is 9.82 Å². The zero-order valence-corrected chi connectivity index (χ0v) is 16.5. The predicted octanol–water partition coefficient (Wildman–Crippen LogP) is 2.41. The molecule has 0 aliphatic rings. The third-order valence-corrected chi connectivity index (χ3v) is 6.61. The number of sulfonamides is 1. The summed E-state index contributed by atoms with van der Waals surface area (Å²) in [5, 5.41) is 11.7. The minimum Gasteiger partial charge on any atom is -0.854 e. The van der Waals surface area contributed by atoms with Crippen molar-refractivity contribution in [2.45, 2.75) is 4.90 Å². The first-order chi connectivity index (χ1) is 13.4. The predicted molar refractivity (Wildman–Crippen MR) is 107 cm³/mol. The van der Waals surface area contributed by atoms with Crippen molar-refractivity contribution in [1.82, 2.24) is 19.3 Å². The molecule has 28 heavy (non-hydrogen) atoms. The standard InChI is InChI=1S/C19H16ClN4O3S/c1-24(8-9-25)28(26,27)13-6-7-14-12(10-13)11-17(21-14)18-19(20)23-16-5-3-2-4-15(16)22-18/h2-7,10-11,21H,8-9H2,1H3/q-1. The third-order valence-electron chi connectivity index (χ3n) is 4.49. The van der Waals surface area contributed by atoms with Crippen molar-refractivity contribution in [3.63, 3.8) is 0 Å². The number of aromatic amines is 1. The summed E-state index contributed by atoms with van der Waals surface area (Å²) in [5.74, 6) is 0. The van der Waals surface area contributed by atoms with Gasteiger partial charge in [0.2, 0.25) is 10.0 Å². The number of halogens is 1. The lowest BCUT2D eigenvalue weighted by Crippen LogP contribution is -2.32. The largest absolute Gasteiger partial charge is 0.854 e. The second-order valence-corrected chi connectivity index (χ2v) is 8.72. The van der Waals surface area contributed by atoms with Crippen LogP contribution >= 0.6 is 11.6 Å². The summed E-state index contributed by atoms with van der Waals surface area (Å²) in [6.07, 6.45) is 0. The molecule has 7 nitrogen and oxygen atoms in total. The van der Waals surface area contributed by atoms with Gasteiger partial charge in [0, 0.05) is 18.0 Å². The number of hydrogen-bond acceptors (Lipinski definition) is 5. The van der Waals surface area contributed by atoms with Gasteiger partial charge in [0.25, 0.3) is 0 Å². The second kappa shape index (κ2) is 7.14. The van der Waals surface area contributed by atoms with Gasteiger partial charge in [0.15, 0.2) is 5.15 Å². The lowest BCUT2D eigenvalue weighted by atomic mass is 10.2. The molecule has 0 amide bonds. The molecule has 0 radical (unpaired) electrons. The molecule has 144 valence electrons. The van der Waals surface area contributed by atoms with Gasteiger partial charge in [-0.3, -0.25) is 0 Å². The van der Waals surface area contributed by atoms with Crippen LogP contribution in [0, 0.1) is 0 Å². The number of nitrogens with zero attached hydrogens (tertiary/aromatic N) is 3. The molecule has 2 heterocycles. The molecule has 4 rings (SSSR count). The third kappa shape index (κ3) is 3.24. The maximum atomic E-state index is 12.6. The van der Waals surface area contributed by atoms with E-state index in [1.54, 1.807) is 18.2 Å². The molecule has 0 saturated heterocycles. The summed E-state index contributed by atoms with van der Waals surface area (Å²) in [6.45, 7) is -0.577. The number of aromatic nitrogens is 3. The van der Waals surface area contributed by atoms with Crippen molar-refractivity contribution in [2.24, 2.45) is 0 Å². The quantitative estimate of drug-likeness (QED) is 0.539. The minimum absolute atomic E-state index is 0.0823. The van der Waals surface area contributed by atoms with Crippen LogP contribution in [0.15, 0.2) is 53.4 Å². The molecule has 0 atom stereocenters. The van der Waals surface area contributed by atoms with Gasteiger partial charge in [-0.2, -0.15) is 0 Å². The highest BCUT2D eigenvalue weighted by Crippen LogP contribution is 2.30. The van der Waals surface area contributed by atoms with E-state index in [4.69, 9.17) is 11.6 Å². The van der Waals surface area contributed by atoms with Gasteiger partial charge < -0.3 is 10.1 Å². The molecule has 0 spiro atoms. The Morgan fingerprint density at radius 2 is 1.82 bits per heavy atom. The number of hydrogen-bond donors (Lipinski definition) is 1. The van der Waals surface area contributed by atoms with Crippen LogP contribution in [0.25, 0.3) is 33.3 Å². The minimum atomic E-state index is -3.72. The molecule has 2 aromatic heterocycles. The molecule has 2 aromatic carbocycles. The van der Waals surface area contributed by atoms with E-state index >= 15 is 0 Å². The van der Waals surface area contributed by atoms with E-state index in [1.165, 1.54) is 13.1 Å². The van der Waals surface area contributed by atoms with Crippen molar-refractivity contribution in [2.75, 3.05) is 20.2 Å². The zero-order valence-electron chi connectivity index (χ0n) is 14.9. The Kier molecular flexibility index (Phi) is 4.80. The fourth-order valence-corrected chi connectivity index (χ4v) is 4.40. The molecular formula is C19H16ClN4O3S-. The van der Waals surface area contributed by atoms with Crippen LogP contribution in [0.4, 0.5) is 0 Å². The summed E-state index contributed by atoms with van der Waals surface area (Å²) in [6, 6.07) is 13.9. The molecule has 1 N–H and O–H groups in total. The normalized spacial score (nSPS) is 12.3. The van der Waals surface area contributed by atoms with E-state index in [1.807, 2.05) is 24.3 Å². The molecule has 0 bridgehead atoms. The Morgan fingerprint density at radius 1 is 1.11 bits per heavy atom. The van der Waals surface area contributed by atoms with Crippen molar-refractivity contribution in [1.29, 1.82) is 0 Å². The maximum absolute atomic E-state index is 12.6. The SMILES string of the molecule is CN(CC[O-])S(=O)(=O)c1ccc2[nH]c(-c3nc4ccccc4nc3Cl)cc2c1. The monoisotopic (exact) mass is 415 g/mol. The van der Waals surface area contributed by atoms with Gasteiger partial charge >= 0.3 is 0 Å². The van der Waals surface area contributed by atoms with Crippen LogP contribution in [-0.2, 0) is 10.0 Å². The Hall–Kier alpha value is -2.52. The number of likely N-dealkylation sites (N-methyl/N-ethyl adjacent to an activating group) is 1. The van der Waals surface area contributed by atoms with Crippen LogP contribution in [0.3, 0.4) is 0 Å². The molecule has 4 aromatic rings. The number of rotatable bonds is 5. The second-order valence-electron chi connectivity index (χ2n) is 6.31. The number of H-pyrrole nitrogens is 1. The number of para-hydroxylation sites is 2. The van der Waals surface area contributed by atoms with E-state index in [2.05, 4.69) is 15.0 Å². The smallest absolute Gasteiger partial charge is 0.242 e. The molecule has 0 saturated carbocycles. The first-order valence-corrected chi connectivity index (χ1v) is 10.3. The highest BCUT2D eigenvalue weighted by molar-refractivity contribution is 7.89. The highest BCUT2D eigenvalue weighted by atomic mass is 35.5. The van der Waals surface area contributed by atoms with Crippen molar-refractivity contribution in [3.8, 4) is 11.4 Å². The van der Waals surface area contributed by atoms with Crippen LogP contribution in [0.2, 0.25) is 5.15 Å². The molecule has 0 unspecified atom stereocenters. The summed E-state index contributed by atoms with van der Waals surface area (Å²) < 4.78 is 26.2. The van der Waals surface area contributed by atoms with E-state index in [9.17, 15) is 13.5 Å². The van der Waals surface area contributed by atoms with Crippen LogP contribution in [0.5, 0.6) is 0 Å². The van der Waals surface area contributed by atoms with Gasteiger partial charge in [-0.25, -0.2) is 22.7 Å². The maximum Gasteiger partial charge on any atom is 0.242 e. The number of benzene rings is 2. The molecular weight excluding hydrogens is 400 g/mol. The first kappa shape index (κ1) is 18.8. The van der Waals surface area contributed by atoms with Crippen LogP contribution < -0.4 is 5.11 Å². The number of fused-ring (bicyclic) bond motifs is 2. The molecule has 9 heteroatoms. The van der Waals surface area contributed by atoms with Crippen molar-refractivity contribution >= 4 is 43.6 Å². The van der Waals surface area contributed by atoms with Gasteiger partial charge in [-0.15, -0.1) is 6.61 Å². The van der Waals surface area contributed by atoms with Gasteiger partial charge in [0.1, 0.15) is 5.69 Å². The van der Waals surface area contributed by atoms with E-state index in [-0.39, 0.29) is 16.6 Å². The summed E-state index contributed by atoms with van der Waals surface area (Å²) in [4.78, 5) is 12.3. The fourth-order valence-electron chi connectivity index (χ4n) is 2.98. The lowest BCUT2D eigenvalue weighted by Gasteiger charge is -2.18. The van der Waals surface area contributed by atoms with Gasteiger partial charge in [-0.1, -0.05) is 23.7 Å².